The number of halogens is 4. The van der Waals surface area contributed by atoms with Gasteiger partial charge in [-0.1, -0.05) is 18.2 Å². The molecule has 2 aromatic rings. The quantitative estimate of drug-likeness (QED) is 0.630. The van der Waals surface area contributed by atoms with Gasteiger partial charge >= 0.3 is 6.36 Å². The van der Waals surface area contributed by atoms with Crippen LogP contribution < -0.4 is 10.1 Å². The molecule has 4 rings (SSSR count). The highest BCUT2D eigenvalue weighted by atomic mass is 35.5. The van der Waals surface area contributed by atoms with Gasteiger partial charge in [0.1, 0.15) is 5.75 Å². The lowest BCUT2D eigenvalue weighted by Crippen LogP contribution is -2.42. The highest BCUT2D eigenvalue weighted by Crippen LogP contribution is 2.41. The Morgan fingerprint density at radius 3 is 2.79 bits per heavy atom. The van der Waals surface area contributed by atoms with Crippen molar-refractivity contribution >= 4 is 28.9 Å². The standard InChI is InChI=1S/C21H19ClF3N3O5/c1-10(19-27-28-20(32-19)11-6-13(7-11)33-21(23,24)25)4-5-26-18(30)17-9-15(29)14-8-12(22)2-3-16(14)31-17/h2-3,8,11,13,17H,1,4-7,9H2,(H,26,30)/t11-,13+,17?. The highest BCUT2D eigenvalue weighted by Gasteiger charge is 2.42. The fourth-order valence-corrected chi connectivity index (χ4v) is 3.77. The molecule has 1 aromatic heterocycles. The number of hydrogen-bond acceptors (Lipinski definition) is 7. The molecule has 12 heteroatoms. The number of nitrogens with zero attached hydrogens (tertiary/aromatic N) is 2. The molecule has 0 spiro atoms. The highest BCUT2D eigenvalue weighted by molar-refractivity contribution is 6.31. The summed E-state index contributed by atoms with van der Waals surface area (Å²) in [5.74, 6) is -0.310. The van der Waals surface area contributed by atoms with Crippen LogP contribution in [0.1, 0.15) is 53.7 Å². The number of amides is 1. The molecule has 33 heavy (non-hydrogen) atoms. The van der Waals surface area contributed by atoms with Gasteiger partial charge in [-0.05, 0) is 37.5 Å². The summed E-state index contributed by atoms with van der Waals surface area (Å²) in [7, 11) is 0. The maximum Gasteiger partial charge on any atom is 0.522 e. The van der Waals surface area contributed by atoms with Gasteiger partial charge in [-0.3, -0.25) is 14.3 Å². The van der Waals surface area contributed by atoms with E-state index >= 15 is 0 Å². The van der Waals surface area contributed by atoms with Crippen molar-refractivity contribution in [3.05, 3.63) is 47.1 Å². The van der Waals surface area contributed by atoms with Gasteiger partial charge in [0.25, 0.3) is 5.91 Å². The predicted molar refractivity (Wildman–Crippen MR) is 109 cm³/mol. The van der Waals surface area contributed by atoms with Gasteiger partial charge in [0.05, 0.1) is 18.1 Å². The summed E-state index contributed by atoms with van der Waals surface area (Å²) in [6.45, 7) is 4.03. The van der Waals surface area contributed by atoms with Crippen LogP contribution in [-0.2, 0) is 9.53 Å². The van der Waals surface area contributed by atoms with Gasteiger partial charge < -0.3 is 14.5 Å². The van der Waals surface area contributed by atoms with Gasteiger partial charge in [0.2, 0.25) is 11.8 Å². The van der Waals surface area contributed by atoms with Crippen molar-refractivity contribution in [2.45, 2.75) is 50.2 Å². The van der Waals surface area contributed by atoms with Crippen molar-refractivity contribution in [2.75, 3.05) is 6.54 Å². The molecular weight excluding hydrogens is 467 g/mol. The van der Waals surface area contributed by atoms with Gasteiger partial charge in [-0.15, -0.1) is 23.4 Å². The van der Waals surface area contributed by atoms with Crippen LogP contribution in [0.3, 0.4) is 0 Å². The lowest BCUT2D eigenvalue weighted by atomic mass is 9.82. The molecule has 1 aromatic carbocycles. The normalized spacial score (nSPS) is 22.2. The van der Waals surface area contributed by atoms with Crippen LogP contribution in [0.25, 0.3) is 5.57 Å². The van der Waals surface area contributed by atoms with Crippen LogP contribution >= 0.6 is 11.6 Å². The predicted octanol–water partition coefficient (Wildman–Crippen LogP) is 4.06. The van der Waals surface area contributed by atoms with Crippen molar-refractivity contribution in [2.24, 2.45) is 0 Å². The molecule has 1 aliphatic carbocycles. The molecule has 2 aliphatic rings. The average molecular weight is 486 g/mol. The number of alkyl halides is 3. The summed E-state index contributed by atoms with van der Waals surface area (Å²) in [6, 6.07) is 4.62. The minimum atomic E-state index is -4.67. The Bertz CT molecular complexity index is 1080. The van der Waals surface area contributed by atoms with Crippen LogP contribution in [0.4, 0.5) is 13.2 Å². The average Bonchev–Trinajstić information content (AvgIpc) is 3.19. The maximum atomic E-state index is 12.4. The number of Topliss-reactive ketones (excluding diaryl/α,β-unsaturated/α-hetero) is 1. The molecule has 1 saturated carbocycles. The Balaban J connectivity index is 1.23. The lowest BCUT2D eigenvalue weighted by molar-refractivity contribution is -0.352. The van der Waals surface area contributed by atoms with E-state index in [4.69, 9.17) is 20.8 Å². The first-order chi connectivity index (χ1) is 15.6. The zero-order valence-corrected chi connectivity index (χ0v) is 17.9. The topological polar surface area (TPSA) is 104 Å². The second-order valence-corrected chi connectivity index (χ2v) is 8.25. The number of carbonyl (C=O) groups excluding carboxylic acids is 2. The molecule has 1 N–H and O–H groups in total. The van der Waals surface area contributed by atoms with Gasteiger partial charge in [0, 0.05) is 23.1 Å². The summed E-state index contributed by atoms with van der Waals surface area (Å²) in [5, 5.41) is 10.8. The number of ketones is 1. The molecule has 0 bridgehead atoms. The molecule has 1 amide bonds. The Morgan fingerprint density at radius 2 is 2.06 bits per heavy atom. The number of aromatic nitrogens is 2. The number of ether oxygens (including phenoxy) is 2. The third-order valence-corrected chi connectivity index (χ3v) is 5.62. The summed E-state index contributed by atoms with van der Waals surface area (Å²) < 4.78 is 51.7. The maximum absolute atomic E-state index is 12.4. The first-order valence-corrected chi connectivity index (χ1v) is 10.5. The van der Waals surface area contributed by atoms with Crippen molar-refractivity contribution in [3.63, 3.8) is 0 Å². The Hall–Kier alpha value is -2.92. The van der Waals surface area contributed by atoms with E-state index in [1.165, 1.54) is 6.07 Å². The zero-order chi connectivity index (χ0) is 23.8. The van der Waals surface area contributed by atoms with Gasteiger partial charge in [-0.2, -0.15) is 0 Å². The van der Waals surface area contributed by atoms with E-state index in [2.05, 4.69) is 26.8 Å². The Morgan fingerprint density at radius 1 is 1.30 bits per heavy atom. The monoisotopic (exact) mass is 485 g/mol. The van der Waals surface area contributed by atoms with Crippen molar-refractivity contribution in [1.82, 2.24) is 15.5 Å². The second-order valence-electron chi connectivity index (χ2n) is 7.82. The van der Waals surface area contributed by atoms with Gasteiger partial charge in [0.15, 0.2) is 11.9 Å². The fourth-order valence-electron chi connectivity index (χ4n) is 3.59. The van der Waals surface area contributed by atoms with Crippen LogP contribution in [-0.4, -0.2) is 47.0 Å². The molecule has 1 fully saturated rings. The van der Waals surface area contributed by atoms with Crippen molar-refractivity contribution in [1.29, 1.82) is 0 Å². The number of rotatable bonds is 7. The van der Waals surface area contributed by atoms with E-state index in [0.717, 1.165) is 0 Å². The Labute approximate surface area is 191 Å². The molecule has 1 aliphatic heterocycles. The number of fused-ring (bicyclic) bond motifs is 1. The molecule has 1 unspecified atom stereocenters. The summed E-state index contributed by atoms with van der Waals surface area (Å²) in [4.78, 5) is 24.7. The fraction of sp³-hybridized carbons (Fsp3) is 0.429. The largest absolute Gasteiger partial charge is 0.522 e. The second kappa shape index (κ2) is 9.14. The first kappa shape index (κ1) is 23.2. The molecular formula is C21H19ClF3N3O5. The van der Waals surface area contributed by atoms with E-state index in [1.54, 1.807) is 12.1 Å². The number of nitrogens with one attached hydrogen (secondary N) is 1. The van der Waals surface area contributed by atoms with E-state index in [0.29, 0.717) is 21.9 Å². The third-order valence-electron chi connectivity index (χ3n) is 5.39. The number of carbonyl (C=O) groups is 2. The summed E-state index contributed by atoms with van der Waals surface area (Å²) in [6.07, 6.45) is -6.08. The molecule has 2 heterocycles. The van der Waals surface area contributed by atoms with Crippen LogP contribution in [0.5, 0.6) is 5.75 Å². The lowest BCUT2D eigenvalue weighted by Gasteiger charge is -2.32. The third kappa shape index (κ3) is 5.53. The number of hydrogen-bond donors (Lipinski definition) is 1. The van der Waals surface area contributed by atoms with Crippen molar-refractivity contribution in [3.8, 4) is 5.75 Å². The number of benzene rings is 1. The van der Waals surface area contributed by atoms with E-state index in [1.807, 2.05) is 0 Å². The van der Waals surface area contributed by atoms with Crippen LogP contribution in [0, 0.1) is 0 Å². The molecule has 8 nitrogen and oxygen atoms in total. The molecule has 0 radical (unpaired) electrons. The summed E-state index contributed by atoms with van der Waals surface area (Å²) >= 11 is 5.89. The smallest absolute Gasteiger partial charge is 0.479 e. The van der Waals surface area contributed by atoms with Crippen LogP contribution in [0.2, 0.25) is 5.02 Å². The van der Waals surface area contributed by atoms with E-state index in [9.17, 15) is 22.8 Å². The zero-order valence-electron chi connectivity index (χ0n) is 17.2. The Kier molecular flexibility index (Phi) is 6.44. The molecule has 176 valence electrons. The van der Waals surface area contributed by atoms with Crippen molar-refractivity contribution < 1.29 is 36.7 Å². The van der Waals surface area contributed by atoms with Gasteiger partial charge in [-0.25, -0.2) is 0 Å². The minimum absolute atomic E-state index is 0.104. The van der Waals surface area contributed by atoms with E-state index < -0.39 is 24.5 Å². The summed E-state index contributed by atoms with van der Waals surface area (Å²) in [5.41, 5.74) is 0.798. The SMILES string of the molecule is C=C(CCNC(=O)C1CC(=O)c2cc(Cl)ccc2O1)c1nnc([C@H]2C[C@@H](OC(F)(F)F)C2)o1. The van der Waals surface area contributed by atoms with E-state index in [-0.39, 0.29) is 55.7 Å². The molecule has 0 saturated heterocycles. The van der Waals surface area contributed by atoms with Crippen LogP contribution in [0.15, 0.2) is 29.2 Å². The first-order valence-electron chi connectivity index (χ1n) is 10.1. The minimum Gasteiger partial charge on any atom is -0.479 e. The molecule has 1 atom stereocenters.